The lowest BCUT2D eigenvalue weighted by atomic mass is 10.2. The molecule has 10 nitrogen and oxygen atoms in total. The third kappa shape index (κ3) is 4.60. The molecule has 0 atom stereocenters. The first-order valence-electron chi connectivity index (χ1n) is 9.70. The van der Waals surface area contributed by atoms with E-state index in [1.165, 1.54) is 0 Å². The van der Waals surface area contributed by atoms with E-state index < -0.39 is 12.1 Å². The van der Waals surface area contributed by atoms with Gasteiger partial charge in [-0.15, -0.1) is 10.2 Å². The number of unbranched alkanes of at least 4 members (excludes halogenated alkanes) is 2. The van der Waals surface area contributed by atoms with Gasteiger partial charge in [0.1, 0.15) is 11.6 Å². The molecule has 0 aliphatic heterocycles. The van der Waals surface area contributed by atoms with E-state index >= 15 is 0 Å². The van der Waals surface area contributed by atoms with Gasteiger partial charge in [0.25, 0.3) is 5.56 Å². The van der Waals surface area contributed by atoms with Crippen molar-refractivity contribution in [1.82, 2.24) is 34.1 Å². The highest BCUT2D eigenvalue weighted by molar-refractivity contribution is 5.77. The standard InChI is InChI=1S/C17H19N7O.C2HF3O2/c1-3-4-5-10-23-15-13(16(25)24-11(2)21-22-17(23)24)19-14(20-15)12-6-8-18-9-7-12;3-2(4,5)1(6)7/h6-9H,3-5,10H2,1-2H3,(H,19,20);(H,6,7). The molecule has 4 aromatic heterocycles. The molecule has 0 spiro atoms. The van der Waals surface area contributed by atoms with E-state index in [1.807, 2.05) is 16.7 Å². The van der Waals surface area contributed by atoms with Gasteiger partial charge in [0.05, 0.1) is 0 Å². The lowest BCUT2D eigenvalue weighted by Crippen LogP contribution is -2.21. The largest absolute Gasteiger partial charge is 0.490 e. The maximum absolute atomic E-state index is 12.9. The van der Waals surface area contributed by atoms with E-state index in [0.717, 1.165) is 31.4 Å². The van der Waals surface area contributed by atoms with Crippen molar-refractivity contribution in [3.63, 3.8) is 0 Å². The minimum atomic E-state index is -5.08. The molecular formula is C19H20F3N7O3. The monoisotopic (exact) mass is 451 g/mol. The lowest BCUT2D eigenvalue weighted by Gasteiger charge is -2.08. The molecule has 0 unspecified atom stereocenters. The van der Waals surface area contributed by atoms with Gasteiger partial charge in [-0.05, 0) is 25.5 Å². The Bertz CT molecular complexity index is 1290. The summed E-state index contributed by atoms with van der Waals surface area (Å²) in [7, 11) is 0. The number of carboxylic acid groups (broad SMARTS) is 1. The zero-order valence-electron chi connectivity index (χ0n) is 17.2. The number of fused-ring (bicyclic) bond motifs is 2. The number of aromatic amines is 1. The molecule has 0 aliphatic carbocycles. The van der Waals surface area contributed by atoms with E-state index in [0.29, 0.717) is 28.6 Å². The number of aliphatic carboxylic acids is 1. The van der Waals surface area contributed by atoms with Crippen LogP contribution in [0.2, 0.25) is 0 Å². The van der Waals surface area contributed by atoms with Crippen molar-refractivity contribution in [2.45, 2.75) is 45.8 Å². The van der Waals surface area contributed by atoms with Crippen LogP contribution in [0.5, 0.6) is 0 Å². The average Bonchev–Trinajstić information content (AvgIpc) is 3.36. The molecule has 4 rings (SSSR count). The number of halogens is 3. The topological polar surface area (TPSA) is 131 Å². The first-order valence-corrected chi connectivity index (χ1v) is 9.70. The molecule has 0 aliphatic rings. The van der Waals surface area contributed by atoms with Gasteiger partial charge < -0.3 is 10.1 Å². The van der Waals surface area contributed by atoms with Crippen molar-refractivity contribution in [1.29, 1.82) is 0 Å². The first kappa shape index (κ1) is 22.9. The Morgan fingerprint density at radius 1 is 1.19 bits per heavy atom. The molecule has 4 aromatic rings. The lowest BCUT2D eigenvalue weighted by molar-refractivity contribution is -0.192. The predicted octanol–water partition coefficient (Wildman–Crippen LogP) is 2.96. The number of H-pyrrole nitrogens is 1. The number of carboxylic acids is 1. The summed E-state index contributed by atoms with van der Waals surface area (Å²) < 4.78 is 35.3. The second-order valence-corrected chi connectivity index (χ2v) is 6.87. The zero-order valence-corrected chi connectivity index (χ0v) is 17.2. The summed E-state index contributed by atoms with van der Waals surface area (Å²) in [5.74, 6) is -0.991. The van der Waals surface area contributed by atoms with Gasteiger partial charge >= 0.3 is 12.1 Å². The molecule has 0 aromatic carbocycles. The molecule has 0 fully saturated rings. The first-order chi connectivity index (χ1) is 15.1. The fourth-order valence-corrected chi connectivity index (χ4v) is 3.05. The Kier molecular flexibility index (Phi) is 6.55. The number of imidazole rings is 1. The molecular weight excluding hydrogens is 431 g/mol. The third-order valence-electron chi connectivity index (χ3n) is 4.59. The molecule has 170 valence electrons. The second-order valence-electron chi connectivity index (χ2n) is 6.87. The van der Waals surface area contributed by atoms with Crippen LogP contribution < -0.4 is 5.56 Å². The summed E-state index contributed by atoms with van der Waals surface area (Å²) >= 11 is 0. The van der Waals surface area contributed by atoms with Crippen molar-refractivity contribution in [2.24, 2.45) is 0 Å². The maximum Gasteiger partial charge on any atom is 0.490 e. The molecule has 0 bridgehead atoms. The molecule has 2 N–H and O–H groups in total. The average molecular weight is 451 g/mol. The van der Waals surface area contributed by atoms with Gasteiger partial charge in [0, 0.05) is 24.5 Å². The summed E-state index contributed by atoms with van der Waals surface area (Å²) in [6, 6.07) is 3.73. The van der Waals surface area contributed by atoms with Gasteiger partial charge in [-0.25, -0.2) is 14.2 Å². The van der Waals surface area contributed by atoms with Crippen LogP contribution in [0.1, 0.15) is 32.0 Å². The number of carbonyl (C=O) groups is 1. The number of rotatable bonds is 5. The fraction of sp³-hybridized carbons (Fsp3) is 0.368. The van der Waals surface area contributed by atoms with Crippen LogP contribution in [-0.2, 0) is 11.3 Å². The van der Waals surface area contributed by atoms with Crippen LogP contribution >= 0.6 is 0 Å². The van der Waals surface area contributed by atoms with Crippen LogP contribution in [-0.4, -0.2) is 51.4 Å². The zero-order chi connectivity index (χ0) is 23.5. The summed E-state index contributed by atoms with van der Waals surface area (Å²) in [5, 5.41) is 15.4. The number of aryl methyl sites for hydroxylation is 2. The number of nitrogens with zero attached hydrogens (tertiary/aromatic N) is 6. The maximum atomic E-state index is 12.9. The number of aromatic nitrogens is 7. The number of pyridine rings is 1. The molecule has 0 saturated heterocycles. The summed E-state index contributed by atoms with van der Waals surface area (Å²) in [5.41, 5.74) is 1.80. The van der Waals surface area contributed by atoms with Gasteiger partial charge in [-0.2, -0.15) is 13.2 Å². The smallest absolute Gasteiger partial charge is 0.475 e. The highest BCUT2D eigenvalue weighted by Crippen LogP contribution is 2.20. The van der Waals surface area contributed by atoms with Gasteiger partial charge in [0.15, 0.2) is 11.2 Å². The van der Waals surface area contributed by atoms with E-state index in [1.54, 1.807) is 23.7 Å². The number of nitrogens with one attached hydrogen (secondary N) is 1. The fourth-order valence-electron chi connectivity index (χ4n) is 3.05. The van der Waals surface area contributed by atoms with E-state index in [9.17, 15) is 18.0 Å². The van der Waals surface area contributed by atoms with Crippen molar-refractivity contribution in [3.8, 4) is 11.4 Å². The second kappa shape index (κ2) is 9.16. The minimum Gasteiger partial charge on any atom is -0.475 e. The van der Waals surface area contributed by atoms with Crippen LogP contribution in [0.3, 0.4) is 0 Å². The van der Waals surface area contributed by atoms with Crippen molar-refractivity contribution in [2.75, 3.05) is 0 Å². The molecule has 0 saturated carbocycles. The van der Waals surface area contributed by atoms with Crippen LogP contribution in [0.4, 0.5) is 13.2 Å². The Labute approximate surface area is 178 Å². The minimum absolute atomic E-state index is 0.174. The number of hydrogen-bond donors (Lipinski definition) is 2. The highest BCUT2D eigenvalue weighted by atomic mass is 19.4. The number of hydrogen-bond acceptors (Lipinski definition) is 6. The summed E-state index contributed by atoms with van der Waals surface area (Å²) in [6.45, 7) is 4.69. The van der Waals surface area contributed by atoms with Crippen molar-refractivity contribution in [3.05, 3.63) is 40.7 Å². The molecule has 0 radical (unpaired) electrons. The van der Waals surface area contributed by atoms with Gasteiger partial charge in [-0.3, -0.25) is 14.3 Å². The molecule has 13 heteroatoms. The molecule has 0 amide bonds. The van der Waals surface area contributed by atoms with Crippen molar-refractivity contribution >= 4 is 22.9 Å². The Morgan fingerprint density at radius 2 is 1.84 bits per heavy atom. The molecule has 32 heavy (non-hydrogen) atoms. The summed E-state index contributed by atoms with van der Waals surface area (Å²) in [6.07, 6.45) is 1.55. The SMILES string of the molecule is CCCCCn1c2nc(-c3ccncc3)[nH]c2c(=O)n2c(C)nnc12.O=C(O)C(F)(F)F. The van der Waals surface area contributed by atoms with Crippen LogP contribution in [0, 0.1) is 6.92 Å². The highest BCUT2D eigenvalue weighted by Gasteiger charge is 2.38. The third-order valence-corrected chi connectivity index (χ3v) is 4.59. The predicted molar refractivity (Wildman–Crippen MR) is 108 cm³/mol. The Morgan fingerprint density at radius 3 is 2.44 bits per heavy atom. The van der Waals surface area contributed by atoms with Crippen LogP contribution in [0.15, 0.2) is 29.3 Å². The van der Waals surface area contributed by atoms with E-state index in [4.69, 9.17) is 9.90 Å². The van der Waals surface area contributed by atoms with Crippen LogP contribution in [0.25, 0.3) is 28.3 Å². The van der Waals surface area contributed by atoms with E-state index in [2.05, 4.69) is 32.1 Å². The normalized spacial score (nSPS) is 11.5. The quantitative estimate of drug-likeness (QED) is 0.446. The van der Waals surface area contributed by atoms with Gasteiger partial charge in [0.2, 0.25) is 5.78 Å². The summed E-state index contributed by atoms with van der Waals surface area (Å²) in [4.78, 5) is 33.7. The molecule has 4 heterocycles. The Balaban J connectivity index is 0.000000360. The van der Waals surface area contributed by atoms with Gasteiger partial charge in [-0.1, -0.05) is 19.8 Å². The number of alkyl halides is 3. The van der Waals surface area contributed by atoms with E-state index in [-0.39, 0.29) is 5.56 Å². The Hall–Kier alpha value is -3.77. The van der Waals surface area contributed by atoms with Crippen molar-refractivity contribution < 1.29 is 23.1 Å².